The van der Waals surface area contributed by atoms with Gasteiger partial charge in [-0.1, -0.05) is 0 Å². The van der Waals surface area contributed by atoms with E-state index in [-0.39, 0.29) is 24.5 Å². The molecule has 0 fully saturated rings. The van der Waals surface area contributed by atoms with Crippen LogP contribution < -0.4 is 4.74 Å². The van der Waals surface area contributed by atoms with Crippen molar-refractivity contribution in [1.29, 1.82) is 0 Å². The van der Waals surface area contributed by atoms with E-state index in [1.165, 1.54) is 18.2 Å². The summed E-state index contributed by atoms with van der Waals surface area (Å²) in [6, 6.07) is 8.95. The number of hydrogen-bond acceptors (Lipinski definition) is 5. The Hall–Kier alpha value is -3.10. The Kier molecular flexibility index (Phi) is 5.53. The number of nitro benzene ring substituents is 1. The molecule has 1 N–H and O–H groups in total. The molecule has 0 saturated heterocycles. The lowest BCUT2D eigenvalue weighted by Gasteiger charge is -2.10. The third-order valence-electron chi connectivity index (χ3n) is 4.25. The van der Waals surface area contributed by atoms with Gasteiger partial charge in [0.05, 0.1) is 22.6 Å². The van der Waals surface area contributed by atoms with Crippen molar-refractivity contribution in [1.82, 2.24) is 4.98 Å². The molecule has 0 spiro atoms. The number of aromatic nitrogens is 1. The number of benzene rings is 2. The number of aromatic hydroxyl groups is 1. The average molecular weight is 394 g/mol. The summed E-state index contributed by atoms with van der Waals surface area (Å²) in [5.41, 5.74) is 0.723. The average Bonchev–Trinajstić information content (AvgIpc) is 2.62. The zero-order valence-corrected chi connectivity index (χ0v) is 14.7. The number of phenolic OH excluding ortho intramolecular Hbond substituents is 1. The maximum absolute atomic E-state index is 12.1. The third kappa shape index (κ3) is 4.79. The maximum Gasteiger partial charge on any atom is 0.389 e. The molecule has 0 unspecified atom stereocenters. The molecule has 1 heterocycles. The fourth-order valence-corrected chi connectivity index (χ4v) is 2.87. The van der Waals surface area contributed by atoms with Crippen molar-refractivity contribution in [2.45, 2.75) is 31.9 Å². The predicted octanol–water partition coefficient (Wildman–Crippen LogP) is 5.50. The second-order valence-electron chi connectivity index (χ2n) is 6.41. The highest BCUT2D eigenvalue weighted by atomic mass is 19.4. The third-order valence-corrected chi connectivity index (χ3v) is 4.25. The first kappa shape index (κ1) is 19.7. The maximum atomic E-state index is 12.1. The van der Waals surface area contributed by atoms with Crippen LogP contribution in [-0.2, 0) is 0 Å². The molecular weight excluding hydrogens is 377 g/mol. The molecule has 3 aromatic rings. The Balaban J connectivity index is 1.73. The molecule has 0 saturated carbocycles. The lowest BCUT2D eigenvalue weighted by Crippen LogP contribution is -2.06. The van der Waals surface area contributed by atoms with E-state index < -0.39 is 17.5 Å². The molecule has 0 aliphatic rings. The number of pyridine rings is 1. The molecule has 148 valence electrons. The highest BCUT2D eigenvalue weighted by Gasteiger charge is 2.25. The van der Waals surface area contributed by atoms with Crippen LogP contribution in [0.15, 0.2) is 36.4 Å². The SMILES string of the molecule is O=[N+]([O-])c1ccc2cc3c(O)cc(OCCCCCC(F)(F)F)cc3nc2c1. The van der Waals surface area contributed by atoms with Crippen LogP contribution in [0.3, 0.4) is 0 Å². The summed E-state index contributed by atoms with van der Waals surface area (Å²) in [7, 11) is 0. The van der Waals surface area contributed by atoms with Gasteiger partial charge in [0, 0.05) is 41.5 Å². The van der Waals surface area contributed by atoms with E-state index >= 15 is 0 Å². The highest BCUT2D eigenvalue weighted by Crippen LogP contribution is 2.32. The van der Waals surface area contributed by atoms with Gasteiger partial charge in [0.2, 0.25) is 0 Å². The summed E-state index contributed by atoms with van der Waals surface area (Å²) in [5.74, 6) is 0.274. The van der Waals surface area contributed by atoms with Crippen molar-refractivity contribution in [2.24, 2.45) is 0 Å². The van der Waals surface area contributed by atoms with Crippen molar-refractivity contribution in [3.8, 4) is 11.5 Å². The normalized spacial score (nSPS) is 11.8. The summed E-state index contributed by atoms with van der Waals surface area (Å²) >= 11 is 0. The van der Waals surface area contributed by atoms with Gasteiger partial charge in [0.1, 0.15) is 11.5 Å². The summed E-state index contributed by atoms with van der Waals surface area (Å²) in [6.45, 7) is 0.210. The fourth-order valence-electron chi connectivity index (χ4n) is 2.87. The number of fused-ring (bicyclic) bond motifs is 2. The van der Waals surface area contributed by atoms with Crippen molar-refractivity contribution in [3.05, 3.63) is 46.5 Å². The molecule has 6 nitrogen and oxygen atoms in total. The number of hydrogen-bond donors (Lipinski definition) is 1. The van der Waals surface area contributed by atoms with Crippen LogP contribution in [0.4, 0.5) is 18.9 Å². The minimum Gasteiger partial charge on any atom is -0.507 e. The highest BCUT2D eigenvalue weighted by molar-refractivity contribution is 5.97. The molecule has 0 radical (unpaired) electrons. The van der Waals surface area contributed by atoms with Gasteiger partial charge in [-0.15, -0.1) is 0 Å². The number of unbranched alkanes of at least 4 members (excludes halogenated alkanes) is 2. The fraction of sp³-hybridized carbons (Fsp3) is 0.316. The van der Waals surface area contributed by atoms with Gasteiger partial charge in [0.15, 0.2) is 0 Å². The number of ether oxygens (including phenoxy) is 1. The Morgan fingerprint density at radius 2 is 1.86 bits per heavy atom. The standard InChI is InChI=1S/C19H17F3N2O4/c20-19(21,22)6-2-1-3-7-28-14-10-17-15(18(25)11-14)8-12-4-5-13(24(26)27)9-16(12)23-17/h4-5,8-11,25H,1-3,6-7H2. The number of rotatable bonds is 7. The van der Waals surface area contributed by atoms with Gasteiger partial charge in [-0.3, -0.25) is 10.1 Å². The molecule has 0 aliphatic carbocycles. The summed E-state index contributed by atoms with van der Waals surface area (Å²) in [6.07, 6.45) is -4.08. The topological polar surface area (TPSA) is 85.5 Å². The molecule has 1 aromatic heterocycles. The van der Waals surface area contributed by atoms with E-state index in [4.69, 9.17) is 4.74 Å². The second kappa shape index (κ2) is 7.87. The monoisotopic (exact) mass is 394 g/mol. The summed E-state index contributed by atoms with van der Waals surface area (Å²) in [4.78, 5) is 14.8. The minimum absolute atomic E-state index is 0.0438. The number of nitro groups is 1. The smallest absolute Gasteiger partial charge is 0.389 e. The number of nitrogens with zero attached hydrogens (tertiary/aromatic N) is 2. The first-order valence-corrected chi connectivity index (χ1v) is 8.64. The Morgan fingerprint density at radius 1 is 1.07 bits per heavy atom. The van der Waals surface area contributed by atoms with Crippen LogP contribution in [0.5, 0.6) is 11.5 Å². The summed E-state index contributed by atoms with van der Waals surface area (Å²) in [5, 5.41) is 22.3. The van der Waals surface area contributed by atoms with Gasteiger partial charge >= 0.3 is 6.18 Å². The number of alkyl halides is 3. The molecule has 2 aromatic carbocycles. The van der Waals surface area contributed by atoms with E-state index in [9.17, 15) is 28.4 Å². The molecule has 28 heavy (non-hydrogen) atoms. The quantitative estimate of drug-likeness (QED) is 0.247. The minimum atomic E-state index is -4.14. The zero-order valence-electron chi connectivity index (χ0n) is 14.7. The van der Waals surface area contributed by atoms with Crippen molar-refractivity contribution < 1.29 is 27.9 Å². The van der Waals surface area contributed by atoms with Crippen LogP contribution in [0.25, 0.3) is 21.8 Å². The molecule has 0 bridgehead atoms. The van der Waals surface area contributed by atoms with Gasteiger partial charge in [-0.2, -0.15) is 13.2 Å². The van der Waals surface area contributed by atoms with E-state index in [0.717, 1.165) is 0 Å². The molecule has 0 atom stereocenters. The van der Waals surface area contributed by atoms with E-state index in [1.807, 2.05) is 0 Å². The summed E-state index contributed by atoms with van der Waals surface area (Å²) < 4.78 is 41.8. The zero-order chi connectivity index (χ0) is 20.3. The predicted molar refractivity (Wildman–Crippen MR) is 97.6 cm³/mol. The van der Waals surface area contributed by atoms with Gasteiger partial charge in [0.25, 0.3) is 5.69 Å². The van der Waals surface area contributed by atoms with Crippen LogP contribution in [0.2, 0.25) is 0 Å². The van der Waals surface area contributed by atoms with Crippen LogP contribution >= 0.6 is 0 Å². The van der Waals surface area contributed by atoms with E-state index in [2.05, 4.69) is 4.98 Å². The largest absolute Gasteiger partial charge is 0.507 e. The number of non-ortho nitro benzene ring substituents is 1. The Morgan fingerprint density at radius 3 is 2.57 bits per heavy atom. The second-order valence-corrected chi connectivity index (χ2v) is 6.41. The lowest BCUT2D eigenvalue weighted by molar-refractivity contribution is -0.384. The Bertz CT molecular complexity index is 1020. The van der Waals surface area contributed by atoms with Gasteiger partial charge in [-0.25, -0.2) is 4.98 Å². The molecular formula is C19H17F3N2O4. The van der Waals surface area contributed by atoms with Crippen LogP contribution in [0, 0.1) is 10.1 Å². The molecule has 9 heteroatoms. The number of phenols is 1. The van der Waals surface area contributed by atoms with Crippen molar-refractivity contribution >= 4 is 27.5 Å². The molecule has 3 rings (SSSR count). The lowest BCUT2D eigenvalue weighted by atomic mass is 10.1. The van der Waals surface area contributed by atoms with Crippen LogP contribution in [0.1, 0.15) is 25.7 Å². The van der Waals surface area contributed by atoms with Crippen LogP contribution in [-0.4, -0.2) is 27.8 Å². The van der Waals surface area contributed by atoms with E-state index in [0.29, 0.717) is 40.4 Å². The Labute approximate surface area is 157 Å². The van der Waals surface area contributed by atoms with Crippen molar-refractivity contribution in [3.63, 3.8) is 0 Å². The first-order valence-electron chi connectivity index (χ1n) is 8.64. The first-order chi connectivity index (χ1) is 13.2. The van der Waals surface area contributed by atoms with Gasteiger partial charge < -0.3 is 9.84 Å². The van der Waals surface area contributed by atoms with Crippen molar-refractivity contribution in [2.75, 3.05) is 6.61 Å². The number of halogens is 3. The molecule has 0 amide bonds. The van der Waals surface area contributed by atoms with Gasteiger partial charge in [-0.05, 0) is 31.4 Å². The van der Waals surface area contributed by atoms with E-state index in [1.54, 1.807) is 18.2 Å². The molecule has 0 aliphatic heterocycles.